The van der Waals surface area contributed by atoms with Crippen LogP contribution in [0.4, 0.5) is 4.79 Å². The van der Waals surface area contributed by atoms with Crippen LogP contribution in [0.3, 0.4) is 0 Å². The van der Waals surface area contributed by atoms with E-state index in [1.807, 2.05) is 24.3 Å². The fourth-order valence-electron chi connectivity index (χ4n) is 3.46. The fourth-order valence-corrected chi connectivity index (χ4v) is 3.46. The van der Waals surface area contributed by atoms with E-state index >= 15 is 0 Å². The first-order chi connectivity index (χ1) is 13.7. The van der Waals surface area contributed by atoms with Gasteiger partial charge in [-0.05, 0) is 31.4 Å². The number of rotatable bonds is 6. The van der Waals surface area contributed by atoms with Crippen molar-refractivity contribution >= 4 is 6.03 Å². The number of amides is 2. The average Bonchev–Trinajstić information content (AvgIpc) is 3.05. The molecule has 4 rings (SSSR count). The lowest BCUT2D eigenvalue weighted by Crippen LogP contribution is -2.44. The largest absolute Gasteiger partial charge is 0.486 e. The van der Waals surface area contributed by atoms with Gasteiger partial charge in [0.2, 0.25) is 0 Å². The molecule has 1 aromatic carbocycles. The lowest BCUT2D eigenvalue weighted by Gasteiger charge is -2.26. The monoisotopic (exact) mass is 387 g/mol. The third-order valence-corrected chi connectivity index (χ3v) is 4.92. The third kappa shape index (κ3) is 4.13. The summed E-state index contributed by atoms with van der Waals surface area (Å²) in [6, 6.07) is 7.21. The van der Waals surface area contributed by atoms with E-state index in [1.54, 1.807) is 4.57 Å². The molecule has 2 amide bonds. The second kappa shape index (κ2) is 8.37. The lowest BCUT2D eigenvalue weighted by molar-refractivity contribution is 0.0918. The normalized spacial score (nSPS) is 17.6. The Bertz CT molecular complexity index is 891. The Kier molecular flexibility index (Phi) is 5.50. The molecule has 150 valence electrons. The van der Waals surface area contributed by atoms with Crippen molar-refractivity contribution in [2.24, 2.45) is 0 Å². The number of benzene rings is 1. The van der Waals surface area contributed by atoms with E-state index in [9.17, 15) is 9.59 Å². The number of urea groups is 1. The smallest absolute Gasteiger partial charge is 0.345 e. The van der Waals surface area contributed by atoms with E-state index in [2.05, 4.69) is 15.7 Å². The van der Waals surface area contributed by atoms with E-state index < -0.39 is 0 Å². The van der Waals surface area contributed by atoms with Crippen LogP contribution in [0.2, 0.25) is 0 Å². The van der Waals surface area contributed by atoms with Crippen LogP contribution in [-0.2, 0) is 19.5 Å². The van der Waals surface area contributed by atoms with Crippen molar-refractivity contribution < 1.29 is 14.3 Å². The highest BCUT2D eigenvalue weighted by molar-refractivity contribution is 5.73. The maximum atomic E-state index is 12.2. The fraction of sp³-hybridized carbons (Fsp3) is 0.526. The molecule has 0 radical (unpaired) electrons. The number of nitrogens with zero attached hydrogens (tertiary/aromatic N) is 3. The van der Waals surface area contributed by atoms with E-state index in [0.29, 0.717) is 38.4 Å². The summed E-state index contributed by atoms with van der Waals surface area (Å²) in [4.78, 5) is 24.2. The SMILES string of the molecule is O=C(NCCCn1nc2n(c1=O)CCCC2)NC[C@@H]1COc2ccccc2O1. The summed E-state index contributed by atoms with van der Waals surface area (Å²) in [5.74, 6) is 2.28. The molecular weight excluding hydrogens is 362 g/mol. The van der Waals surface area contributed by atoms with Crippen molar-refractivity contribution in [3.8, 4) is 11.5 Å². The number of aromatic nitrogens is 3. The summed E-state index contributed by atoms with van der Waals surface area (Å²) in [5, 5.41) is 9.98. The van der Waals surface area contributed by atoms with Gasteiger partial charge in [0.15, 0.2) is 17.6 Å². The predicted molar refractivity (Wildman–Crippen MR) is 102 cm³/mol. The molecular formula is C19H25N5O4. The second-order valence-electron chi connectivity index (χ2n) is 7.02. The second-order valence-corrected chi connectivity index (χ2v) is 7.02. The Morgan fingerprint density at radius 1 is 1.21 bits per heavy atom. The van der Waals surface area contributed by atoms with Crippen molar-refractivity contribution in [2.45, 2.75) is 44.9 Å². The number of ether oxygens (including phenoxy) is 2. The summed E-state index contributed by atoms with van der Waals surface area (Å²) in [6.07, 6.45) is 3.39. The molecule has 0 unspecified atom stereocenters. The summed E-state index contributed by atoms with van der Waals surface area (Å²) < 4.78 is 14.7. The molecule has 2 aliphatic heterocycles. The average molecular weight is 387 g/mol. The molecule has 28 heavy (non-hydrogen) atoms. The first-order valence-corrected chi connectivity index (χ1v) is 9.77. The van der Waals surface area contributed by atoms with E-state index in [4.69, 9.17) is 9.47 Å². The Morgan fingerprint density at radius 2 is 2.07 bits per heavy atom. The van der Waals surface area contributed by atoms with Crippen molar-refractivity contribution in [3.63, 3.8) is 0 Å². The number of carbonyl (C=O) groups excluding carboxylic acids is 1. The van der Waals surface area contributed by atoms with Crippen LogP contribution in [0.15, 0.2) is 29.1 Å². The standard InChI is InChI=1S/C19H25N5O4/c25-18(21-12-14-13-27-15-6-1-2-7-16(15)28-14)20-9-5-11-24-19(26)23-10-4-3-8-17(23)22-24/h1-2,6-7,14H,3-5,8-13H2,(H2,20,21,25)/t14-/m1/s1. The molecule has 2 aliphatic rings. The Balaban J connectivity index is 1.16. The third-order valence-electron chi connectivity index (χ3n) is 4.92. The van der Waals surface area contributed by atoms with Crippen LogP contribution in [0.1, 0.15) is 25.1 Å². The van der Waals surface area contributed by atoms with Crippen LogP contribution >= 0.6 is 0 Å². The van der Waals surface area contributed by atoms with E-state index in [-0.39, 0.29) is 17.8 Å². The highest BCUT2D eigenvalue weighted by atomic mass is 16.6. The van der Waals surface area contributed by atoms with Gasteiger partial charge < -0.3 is 20.1 Å². The quantitative estimate of drug-likeness (QED) is 0.718. The van der Waals surface area contributed by atoms with Crippen molar-refractivity contribution in [3.05, 3.63) is 40.6 Å². The summed E-state index contributed by atoms with van der Waals surface area (Å²) in [6.45, 7) is 2.46. The van der Waals surface area contributed by atoms with Gasteiger partial charge in [0, 0.05) is 26.1 Å². The van der Waals surface area contributed by atoms with Gasteiger partial charge in [-0.3, -0.25) is 4.57 Å². The van der Waals surface area contributed by atoms with E-state index in [0.717, 1.165) is 37.4 Å². The number of nitrogens with one attached hydrogen (secondary N) is 2. The number of fused-ring (bicyclic) bond motifs is 2. The topological polar surface area (TPSA) is 99.4 Å². The molecule has 2 aromatic rings. The molecule has 9 nitrogen and oxygen atoms in total. The Morgan fingerprint density at radius 3 is 2.93 bits per heavy atom. The minimum atomic E-state index is -0.265. The van der Waals surface area contributed by atoms with Crippen molar-refractivity contribution in [1.29, 1.82) is 0 Å². The molecule has 1 aromatic heterocycles. The molecule has 1 atom stereocenters. The van der Waals surface area contributed by atoms with Gasteiger partial charge in [-0.15, -0.1) is 0 Å². The van der Waals surface area contributed by atoms with Gasteiger partial charge in [0.05, 0.1) is 6.54 Å². The van der Waals surface area contributed by atoms with E-state index in [1.165, 1.54) is 4.68 Å². The van der Waals surface area contributed by atoms with Crippen molar-refractivity contribution in [2.75, 3.05) is 19.7 Å². The van der Waals surface area contributed by atoms with Crippen LogP contribution in [0, 0.1) is 0 Å². The molecule has 0 fully saturated rings. The van der Waals surface area contributed by atoms with Crippen LogP contribution < -0.4 is 25.8 Å². The minimum Gasteiger partial charge on any atom is -0.486 e. The summed E-state index contributed by atoms with van der Waals surface area (Å²) >= 11 is 0. The van der Waals surface area contributed by atoms with Crippen molar-refractivity contribution in [1.82, 2.24) is 25.0 Å². The van der Waals surface area contributed by atoms with Gasteiger partial charge in [-0.2, -0.15) is 5.10 Å². The Hall–Kier alpha value is -2.97. The number of para-hydroxylation sites is 2. The van der Waals surface area contributed by atoms with Gasteiger partial charge in [-0.25, -0.2) is 14.3 Å². The zero-order chi connectivity index (χ0) is 19.3. The molecule has 0 saturated carbocycles. The highest BCUT2D eigenvalue weighted by Crippen LogP contribution is 2.30. The van der Waals surface area contributed by atoms with Gasteiger partial charge in [0.25, 0.3) is 0 Å². The summed E-state index contributed by atoms with van der Waals surface area (Å²) in [7, 11) is 0. The lowest BCUT2D eigenvalue weighted by atomic mass is 10.2. The minimum absolute atomic E-state index is 0.0473. The number of hydrogen-bond acceptors (Lipinski definition) is 5. The van der Waals surface area contributed by atoms with Crippen LogP contribution in [-0.4, -0.2) is 46.2 Å². The van der Waals surface area contributed by atoms with Crippen LogP contribution in [0.5, 0.6) is 11.5 Å². The first-order valence-electron chi connectivity index (χ1n) is 9.77. The Labute approximate surface area is 162 Å². The molecule has 3 heterocycles. The molecule has 9 heteroatoms. The van der Waals surface area contributed by atoms with Crippen LogP contribution in [0.25, 0.3) is 0 Å². The maximum Gasteiger partial charge on any atom is 0.345 e. The zero-order valence-corrected chi connectivity index (χ0v) is 15.7. The highest BCUT2D eigenvalue weighted by Gasteiger charge is 2.21. The number of carbonyl (C=O) groups is 1. The first kappa shape index (κ1) is 18.4. The zero-order valence-electron chi connectivity index (χ0n) is 15.7. The van der Waals surface area contributed by atoms with Gasteiger partial charge >= 0.3 is 11.7 Å². The molecule has 0 saturated heterocycles. The van der Waals surface area contributed by atoms with Gasteiger partial charge in [-0.1, -0.05) is 12.1 Å². The van der Waals surface area contributed by atoms with Gasteiger partial charge in [0.1, 0.15) is 12.4 Å². The number of hydrogen-bond donors (Lipinski definition) is 2. The molecule has 2 N–H and O–H groups in total. The molecule has 0 bridgehead atoms. The number of aryl methyl sites for hydroxylation is 2. The predicted octanol–water partition coefficient (Wildman–Crippen LogP) is 0.910. The molecule has 0 spiro atoms. The maximum absolute atomic E-state index is 12.2. The summed E-state index contributed by atoms with van der Waals surface area (Å²) in [5.41, 5.74) is -0.0473. The molecule has 0 aliphatic carbocycles.